The minimum atomic E-state index is -0.0262. The van der Waals surface area contributed by atoms with Gasteiger partial charge in [-0.1, -0.05) is 43.0 Å². The summed E-state index contributed by atoms with van der Waals surface area (Å²) in [5.41, 5.74) is 5.18. The summed E-state index contributed by atoms with van der Waals surface area (Å²) < 4.78 is 0. The van der Waals surface area contributed by atoms with Crippen LogP contribution in [0.3, 0.4) is 0 Å². The lowest BCUT2D eigenvalue weighted by Gasteiger charge is -2.41. The van der Waals surface area contributed by atoms with Gasteiger partial charge in [0.25, 0.3) is 0 Å². The molecule has 2 aliphatic rings. The molecule has 3 nitrogen and oxygen atoms in total. The van der Waals surface area contributed by atoms with Crippen molar-refractivity contribution in [1.29, 1.82) is 10.5 Å². The van der Waals surface area contributed by atoms with Crippen molar-refractivity contribution in [2.75, 3.05) is 0 Å². The second kappa shape index (κ2) is 7.37. The van der Waals surface area contributed by atoms with Crippen molar-refractivity contribution in [3.8, 4) is 12.1 Å². The van der Waals surface area contributed by atoms with Crippen LogP contribution in [0.25, 0.3) is 0 Å². The van der Waals surface area contributed by atoms with E-state index in [4.69, 9.17) is 0 Å². The van der Waals surface area contributed by atoms with E-state index in [2.05, 4.69) is 48.5 Å². The van der Waals surface area contributed by atoms with E-state index in [1.54, 1.807) is 0 Å². The summed E-state index contributed by atoms with van der Waals surface area (Å²) in [6.45, 7) is 7.77. The molecule has 0 radical (unpaired) electrons. The lowest BCUT2D eigenvalue weighted by atomic mass is 9.69. The number of hydrogen-bond donors (Lipinski definition) is 1. The Kier molecular flexibility index (Phi) is 5.01. The van der Waals surface area contributed by atoms with Gasteiger partial charge >= 0.3 is 0 Å². The molecular weight excluding hydrogens is 306 g/mol. The second-order valence-corrected chi connectivity index (χ2v) is 6.61. The first-order valence-electron chi connectivity index (χ1n) is 8.58. The highest BCUT2D eigenvalue weighted by Crippen LogP contribution is 2.47. The average Bonchev–Trinajstić information content (AvgIpc) is 3.08. The molecule has 1 aromatic carbocycles. The van der Waals surface area contributed by atoms with Crippen LogP contribution in [0.5, 0.6) is 0 Å². The van der Waals surface area contributed by atoms with Crippen LogP contribution >= 0.6 is 0 Å². The molecule has 3 heteroatoms. The molecule has 0 aromatic heterocycles. The zero-order valence-electron chi connectivity index (χ0n) is 14.2. The summed E-state index contributed by atoms with van der Waals surface area (Å²) in [5, 5.41) is 22.8. The third-order valence-electron chi connectivity index (χ3n) is 5.44. The summed E-state index contributed by atoms with van der Waals surface area (Å²) in [7, 11) is 0. The summed E-state index contributed by atoms with van der Waals surface area (Å²) in [4.78, 5) is 0. The maximum Gasteiger partial charge on any atom is 0.129 e. The van der Waals surface area contributed by atoms with Gasteiger partial charge < -0.3 is 5.32 Å². The van der Waals surface area contributed by atoms with Crippen molar-refractivity contribution in [3.05, 3.63) is 78.1 Å². The highest BCUT2D eigenvalue weighted by Gasteiger charge is 2.47. The normalized spacial score (nSPS) is 28.2. The van der Waals surface area contributed by atoms with E-state index in [1.807, 2.05) is 30.4 Å². The van der Waals surface area contributed by atoms with E-state index in [1.165, 1.54) is 0 Å². The van der Waals surface area contributed by atoms with Gasteiger partial charge in [0.05, 0.1) is 0 Å². The van der Waals surface area contributed by atoms with E-state index >= 15 is 0 Å². The van der Waals surface area contributed by atoms with Crippen LogP contribution in [0, 0.1) is 34.5 Å². The summed E-state index contributed by atoms with van der Waals surface area (Å²) >= 11 is 0. The van der Waals surface area contributed by atoms with Gasteiger partial charge in [-0.15, -0.1) is 12.3 Å². The molecule has 2 aliphatic heterocycles. The number of nitrogens with one attached hydrogen (secondary N) is 1. The van der Waals surface area contributed by atoms with E-state index in [-0.39, 0.29) is 35.4 Å². The number of nitrogens with zero attached hydrogens (tertiary/aromatic N) is 2. The summed E-state index contributed by atoms with van der Waals surface area (Å²) in [6.07, 6.45) is 5.90. The maximum absolute atomic E-state index is 9.57. The number of piperidine rings is 1. The number of allylic oxidation sites excluding steroid dienone is 2. The molecule has 1 aromatic rings. The van der Waals surface area contributed by atoms with Crippen LogP contribution in [-0.4, -0.2) is 12.1 Å². The van der Waals surface area contributed by atoms with Gasteiger partial charge in [0.2, 0.25) is 0 Å². The van der Waals surface area contributed by atoms with Gasteiger partial charge in [-0.2, -0.15) is 10.5 Å². The highest BCUT2D eigenvalue weighted by molar-refractivity contribution is 5.48. The largest absolute Gasteiger partial charge is 0.310 e. The molecule has 5 atom stereocenters. The van der Waals surface area contributed by atoms with Crippen LogP contribution < -0.4 is 5.32 Å². The Hall–Kier alpha value is -2.84. The van der Waals surface area contributed by atoms with Gasteiger partial charge in [0, 0.05) is 29.8 Å². The molecule has 2 saturated heterocycles. The molecular formula is C22H21N3. The Morgan fingerprint density at radius 2 is 1.84 bits per heavy atom. The van der Waals surface area contributed by atoms with Crippen LogP contribution in [-0.2, 0) is 0 Å². The number of fused-ring (bicyclic) bond motifs is 2. The Labute approximate surface area is 149 Å². The topological polar surface area (TPSA) is 59.6 Å². The first-order chi connectivity index (χ1) is 12.2. The highest BCUT2D eigenvalue weighted by atomic mass is 15.0. The number of rotatable bonds is 4. The van der Waals surface area contributed by atoms with Crippen LogP contribution in [0.1, 0.15) is 24.3 Å². The van der Waals surface area contributed by atoms with Crippen LogP contribution in [0.2, 0.25) is 0 Å². The SMILES string of the molecule is C=C=C[C@@H]1C(=C(C#N)C#N)[C@H]([C@@H](C=C)c2ccccc2)C2CC[C@@H]1N2. The fraction of sp³-hybridized carbons (Fsp3) is 0.318. The van der Waals surface area contributed by atoms with Crippen molar-refractivity contribution in [2.45, 2.75) is 30.8 Å². The zero-order chi connectivity index (χ0) is 17.8. The molecule has 0 aliphatic carbocycles. The summed E-state index contributed by atoms with van der Waals surface area (Å²) in [6, 6.07) is 14.9. The summed E-state index contributed by atoms with van der Waals surface area (Å²) in [5.74, 6) is 0.0504. The monoisotopic (exact) mass is 327 g/mol. The minimum absolute atomic E-state index is 0.0262. The van der Waals surface area contributed by atoms with E-state index in [0.29, 0.717) is 0 Å². The quantitative estimate of drug-likeness (QED) is 0.516. The second-order valence-electron chi connectivity index (χ2n) is 6.61. The third-order valence-corrected chi connectivity index (χ3v) is 5.44. The fourth-order valence-electron chi connectivity index (χ4n) is 4.45. The molecule has 0 amide bonds. The predicted molar refractivity (Wildman–Crippen MR) is 98.3 cm³/mol. The molecule has 2 bridgehead atoms. The first kappa shape index (κ1) is 17.0. The van der Waals surface area contributed by atoms with E-state index < -0.39 is 0 Å². The van der Waals surface area contributed by atoms with E-state index in [0.717, 1.165) is 24.0 Å². The molecule has 0 saturated carbocycles. The number of benzene rings is 1. The zero-order valence-corrected chi connectivity index (χ0v) is 14.2. The van der Waals surface area contributed by atoms with Gasteiger partial charge in [0.15, 0.2) is 0 Å². The van der Waals surface area contributed by atoms with Gasteiger partial charge in [-0.05, 0) is 30.1 Å². The molecule has 2 heterocycles. The smallest absolute Gasteiger partial charge is 0.129 e. The lowest BCUT2D eigenvalue weighted by Crippen LogP contribution is -2.48. The van der Waals surface area contributed by atoms with Gasteiger partial charge in [-0.3, -0.25) is 0 Å². The van der Waals surface area contributed by atoms with Crippen LogP contribution in [0.15, 0.2) is 72.5 Å². The molecule has 124 valence electrons. The Morgan fingerprint density at radius 1 is 1.16 bits per heavy atom. The predicted octanol–water partition coefficient (Wildman–Crippen LogP) is 4.01. The number of hydrogen-bond acceptors (Lipinski definition) is 3. The minimum Gasteiger partial charge on any atom is -0.310 e. The van der Waals surface area contributed by atoms with Crippen molar-refractivity contribution < 1.29 is 0 Å². The van der Waals surface area contributed by atoms with E-state index in [9.17, 15) is 10.5 Å². The van der Waals surface area contributed by atoms with Crippen molar-refractivity contribution in [3.63, 3.8) is 0 Å². The van der Waals surface area contributed by atoms with Crippen LogP contribution in [0.4, 0.5) is 0 Å². The standard InChI is InChI=1S/C22H21N3/c1-3-8-18-19-11-12-20(25-19)22(21(18)16(13-23)14-24)17(4-2)15-9-6-5-7-10-15/h4-10,17-20,22,25H,1-2,11-12H2/t17-,18-,19-,20?,22+/m0/s1. The molecule has 1 N–H and O–H groups in total. The average molecular weight is 327 g/mol. The Morgan fingerprint density at radius 3 is 2.44 bits per heavy atom. The first-order valence-corrected chi connectivity index (χ1v) is 8.58. The van der Waals surface area contributed by atoms with Crippen molar-refractivity contribution >= 4 is 0 Å². The molecule has 2 fully saturated rings. The van der Waals surface area contributed by atoms with Gasteiger partial charge in [-0.25, -0.2) is 0 Å². The molecule has 1 unspecified atom stereocenters. The lowest BCUT2D eigenvalue weighted by molar-refractivity contribution is 0.307. The third kappa shape index (κ3) is 2.97. The molecule has 0 spiro atoms. The fourth-order valence-corrected chi connectivity index (χ4v) is 4.45. The van der Waals surface area contributed by atoms with Crippen molar-refractivity contribution in [1.82, 2.24) is 5.32 Å². The molecule has 3 rings (SSSR count). The van der Waals surface area contributed by atoms with Gasteiger partial charge in [0.1, 0.15) is 17.7 Å². The Bertz CT molecular complexity index is 799. The van der Waals surface area contributed by atoms with Crippen molar-refractivity contribution in [2.24, 2.45) is 11.8 Å². The Balaban J connectivity index is 2.19. The maximum atomic E-state index is 9.57. The molecule has 25 heavy (non-hydrogen) atoms. The number of nitriles is 2.